The molecule has 2 fully saturated rings. The van der Waals surface area contributed by atoms with Crippen LogP contribution in [0.4, 0.5) is 0 Å². The Kier molecular flexibility index (Phi) is 5.64. The summed E-state index contributed by atoms with van der Waals surface area (Å²) < 4.78 is 18.0. The third-order valence-electron chi connectivity index (χ3n) is 4.44. The average molecular weight is 273 g/mol. The third kappa shape index (κ3) is 3.55. The molecule has 1 saturated heterocycles. The molecule has 3 nitrogen and oxygen atoms in total. The van der Waals surface area contributed by atoms with Gasteiger partial charge < -0.3 is 10.5 Å². The van der Waals surface area contributed by atoms with E-state index in [2.05, 4.69) is 6.92 Å². The van der Waals surface area contributed by atoms with E-state index in [4.69, 9.17) is 10.5 Å². The summed E-state index contributed by atoms with van der Waals surface area (Å²) in [6.45, 7) is 3.78. The summed E-state index contributed by atoms with van der Waals surface area (Å²) in [6.07, 6.45) is 7.78. The summed E-state index contributed by atoms with van der Waals surface area (Å²) in [5.41, 5.74) is 6.22. The summed E-state index contributed by atoms with van der Waals surface area (Å²) in [6, 6.07) is 0.154. The van der Waals surface area contributed by atoms with Gasteiger partial charge in [-0.3, -0.25) is 4.21 Å². The van der Waals surface area contributed by atoms with Crippen LogP contribution in [-0.2, 0) is 15.5 Å². The molecule has 0 radical (unpaired) electrons. The third-order valence-corrected chi connectivity index (χ3v) is 6.71. The average Bonchev–Trinajstić information content (AvgIpc) is 2.41. The largest absolute Gasteiger partial charge is 0.381 e. The Morgan fingerprint density at radius 2 is 1.94 bits per heavy atom. The van der Waals surface area contributed by atoms with Gasteiger partial charge >= 0.3 is 0 Å². The summed E-state index contributed by atoms with van der Waals surface area (Å²) in [5, 5.41) is 0.563. The van der Waals surface area contributed by atoms with Crippen LogP contribution in [-0.4, -0.2) is 34.0 Å². The van der Waals surface area contributed by atoms with Gasteiger partial charge in [-0.1, -0.05) is 19.8 Å². The Hall–Kier alpha value is 0.0700. The Morgan fingerprint density at radius 1 is 1.22 bits per heavy atom. The Morgan fingerprint density at radius 3 is 2.61 bits per heavy atom. The summed E-state index contributed by atoms with van der Waals surface area (Å²) in [7, 11) is -0.752. The van der Waals surface area contributed by atoms with Gasteiger partial charge in [0, 0.05) is 35.3 Å². The fourth-order valence-electron chi connectivity index (χ4n) is 3.33. The Labute approximate surface area is 113 Å². The topological polar surface area (TPSA) is 52.3 Å². The van der Waals surface area contributed by atoms with Crippen molar-refractivity contribution < 1.29 is 8.95 Å². The molecule has 1 heterocycles. The smallest absolute Gasteiger partial charge is 0.0504 e. The van der Waals surface area contributed by atoms with Crippen LogP contribution in [0.2, 0.25) is 0 Å². The molecule has 0 aromatic carbocycles. The van der Waals surface area contributed by atoms with E-state index in [1.807, 2.05) is 0 Å². The van der Waals surface area contributed by atoms with E-state index in [1.165, 1.54) is 19.3 Å². The highest BCUT2D eigenvalue weighted by Crippen LogP contribution is 2.32. The molecule has 18 heavy (non-hydrogen) atoms. The maximum Gasteiger partial charge on any atom is 0.0504 e. The molecular formula is C14H27NO2S. The zero-order valence-electron chi connectivity index (χ0n) is 11.5. The van der Waals surface area contributed by atoms with Gasteiger partial charge in [0.25, 0.3) is 0 Å². The van der Waals surface area contributed by atoms with E-state index in [0.717, 1.165) is 44.8 Å². The lowest BCUT2D eigenvalue weighted by Crippen LogP contribution is -2.46. The van der Waals surface area contributed by atoms with Gasteiger partial charge in [-0.15, -0.1) is 0 Å². The van der Waals surface area contributed by atoms with Crippen LogP contribution in [0.15, 0.2) is 0 Å². The second-order valence-corrected chi connectivity index (χ2v) is 7.74. The zero-order valence-corrected chi connectivity index (χ0v) is 12.3. The molecule has 4 unspecified atom stereocenters. The van der Waals surface area contributed by atoms with Crippen molar-refractivity contribution in [3.05, 3.63) is 0 Å². The van der Waals surface area contributed by atoms with Crippen LogP contribution in [0.25, 0.3) is 0 Å². The lowest BCUT2D eigenvalue weighted by Gasteiger charge is -2.36. The lowest BCUT2D eigenvalue weighted by atomic mass is 9.83. The fraction of sp³-hybridized carbons (Fsp3) is 1.00. The molecule has 2 aliphatic rings. The van der Waals surface area contributed by atoms with Crippen LogP contribution >= 0.6 is 0 Å². The van der Waals surface area contributed by atoms with E-state index >= 15 is 0 Å². The van der Waals surface area contributed by atoms with Crippen LogP contribution in [0.5, 0.6) is 0 Å². The van der Waals surface area contributed by atoms with Crippen LogP contribution < -0.4 is 5.73 Å². The predicted octanol–water partition coefficient (Wildman–Crippen LogP) is 2.21. The summed E-state index contributed by atoms with van der Waals surface area (Å²) in [4.78, 5) is 0. The second-order valence-electron chi connectivity index (χ2n) is 5.81. The number of ether oxygens (including phenoxy) is 1. The van der Waals surface area contributed by atoms with Gasteiger partial charge in [0.2, 0.25) is 0 Å². The quantitative estimate of drug-likeness (QED) is 0.854. The SMILES string of the molecule is CCCC1CCC(N)C(S(=O)C2CCOCC2)C1. The van der Waals surface area contributed by atoms with Gasteiger partial charge in [-0.2, -0.15) is 0 Å². The van der Waals surface area contributed by atoms with Gasteiger partial charge in [-0.25, -0.2) is 0 Å². The number of nitrogens with two attached hydrogens (primary N) is 1. The van der Waals surface area contributed by atoms with Crippen molar-refractivity contribution in [3.63, 3.8) is 0 Å². The van der Waals surface area contributed by atoms with Crippen LogP contribution in [0.3, 0.4) is 0 Å². The molecule has 4 atom stereocenters. The minimum atomic E-state index is -0.752. The molecule has 1 aliphatic heterocycles. The monoisotopic (exact) mass is 273 g/mol. The first-order chi connectivity index (χ1) is 8.72. The van der Waals surface area contributed by atoms with Gasteiger partial charge in [0.05, 0.1) is 5.25 Å². The molecule has 2 rings (SSSR count). The first-order valence-electron chi connectivity index (χ1n) is 7.45. The molecule has 106 valence electrons. The Balaban J connectivity index is 1.93. The zero-order chi connectivity index (χ0) is 13.0. The number of rotatable bonds is 4. The minimum absolute atomic E-state index is 0.154. The van der Waals surface area contributed by atoms with Crippen molar-refractivity contribution in [3.8, 4) is 0 Å². The van der Waals surface area contributed by atoms with E-state index in [0.29, 0.717) is 5.25 Å². The van der Waals surface area contributed by atoms with Gasteiger partial charge in [0.15, 0.2) is 0 Å². The highest BCUT2D eigenvalue weighted by molar-refractivity contribution is 7.86. The molecule has 4 heteroatoms. The van der Waals surface area contributed by atoms with Crippen molar-refractivity contribution >= 4 is 10.8 Å². The molecule has 0 spiro atoms. The number of hydrogen-bond donors (Lipinski definition) is 1. The standard InChI is InChI=1S/C14H27NO2S/c1-2-3-11-4-5-13(15)14(10-11)18(16)12-6-8-17-9-7-12/h11-14H,2-10,15H2,1H3. The highest BCUT2D eigenvalue weighted by Gasteiger charge is 2.35. The molecule has 0 aromatic rings. The highest BCUT2D eigenvalue weighted by atomic mass is 32.2. The maximum absolute atomic E-state index is 12.7. The maximum atomic E-state index is 12.7. The normalized spacial score (nSPS) is 36.4. The van der Waals surface area contributed by atoms with Crippen LogP contribution in [0, 0.1) is 5.92 Å². The predicted molar refractivity (Wildman–Crippen MR) is 76.0 cm³/mol. The van der Waals surface area contributed by atoms with Crippen molar-refractivity contribution in [2.45, 2.75) is 68.4 Å². The first kappa shape index (κ1) is 14.5. The minimum Gasteiger partial charge on any atom is -0.381 e. The fourth-order valence-corrected chi connectivity index (χ4v) is 5.42. The molecule has 0 amide bonds. The number of hydrogen-bond acceptors (Lipinski definition) is 3. The first-order valence-corrected chi connectivity index (χ1v) is 8.72. The second kappa shape index (κ2) is 7.01. The van der Waals surface area contributed by atoms with E-state index in [1.54, 1.807) is 0 Å². The van der Waals surface area contributed by atoms with Crippen molar-refractivity contribution in [2.24, 2.45) is 11.7 Å². The Bertz CT molecular complexity index is 279. The summed E-state index contributed by atoms with van der Waals surface area (Å²) >= 11 is 0. The van der Waals surface area contributed by atoms with Crippen molar-refractivity contribution in [1.29, 1.82) is 0 Å². The van der Waals surface area contributed by atoms with E-state index < -0.39 is 10.8 Å². The van der Waals surface area contributed by atoms with Crippen LogP contribution in [0.1, 0.15) is 51.9 Å². The van der Waals surface area contributed by atoms with Crippen molar-refractivity contribution in [2.75, 3.05) is 13.2 Å². The molecule has 0 bridgehead atoms. The van der Waals surface area contributed by atoms with E-state index in [9.17, 15) is 4.21 Å². The van der Waals surface area contributed by atoms with Gasteiger partial charge in [-0.05, 0) is 38.0 Å². The van der Waals surface area contributed by atoms with Crippen molar-refractivity contribution in [1.82, 2.24) is 0 Å². The molecule has 0 aromatic heterocycles. The summed E-state index contributed by atoms with van der Waals surface area (Å²) in [5.74, 6) is 0.753. The van der Waals surface area contributed by atoms with Gasteiger partial charge in [0.1, 0.15) is 0 Å². The lowest BCUT2D eigenvalue weighted by molar-refractivity contribution is 0.0989. The molecule has 1 saturated carbocycles. The molecule has 2 N–H and O–H groups in total. The molecular weight excluding hydrogens is 246 g/mol. The molecule has 1 aliphatic carbocycles. The van der Waals surface area contributed by atoms with E-state index in [-0.39, 0.29) is 11.3 Å².